The third-order valence-corrected chi connectivity index (χ3v) is 6.73. The lowest BCUT2D eigenvalue weighted by atomic mass is 10.1. The fourth-order valence-electron chi connectivity index (χ4n) is 4.70. The van der Waals surface area contributed by atoms with Gasteiger partial charge in [-0.15, -0.1) is 0 Å². The number of benzene rings is 1. The smallest absolute Gasteiger partial charge is 0.229 e. The number of morpholine rings is 1. The first-order valence-corrected chi connectivity index (χ1v) is 12.1. The molecule has 1 unspecified atom stereocenters. The topological polar surface area (TPSA) is 105 Å². The van der Waals surface area contributed by atoms with Gasteiger partial charge < -0.3 is 24.7 Å². The predicted molar refractivity (Wildman–Crippen MR) is 136 cm³/mol. The predicted octanol–water partition coefficient (Wildman–Crippen LogP) is 4.36. The number of ether oxygens (including phenoxy) is 1. The van der Waals surface area contributed by atoms with Gasteiger partial charge in [0.15, 0.2) is 5.58 Å². The maximum absolute atomic E-state index is 12.3. The first-order valence-electron chi connectivity index (χ1n) is 12.1. The van der Waals surface area contributed by atoms with E-state index in [4.69, 9.17) is 14.1 Å². The molecule has 180 valence electrons. The fraction of sp³-hybridized carbons (Fsp3) is 0.385. The van der Waals surface area contributed by atoms with E-state index in [1.165, 1.54) is 0 Å². The number of pyridine rings is 2. The minimum atomic E-state index is 0.0172. The Morgan fingerprint density at radius 3 is 2.77 bits per heavy atom. The summed E-state index contributed by atoms with van der Waals surface area (Å²) in [4.78, 5) is 28.5. The molecule has 1 saturated heterocycles. The maximum atomic E-state index is 12.3. The zero-order valence-corrected chi connectivity index (χ0v) is 20.1. The van der Waals surface area contributed by atoms with Gasteiger partial charge in [-0.1, -0.05) is 0 Å². The van der Waals surface area contributed by atoms with Gasteiger partial charge in [0.2, 0.25) is 11.8 Å². The molecule has 2 aliphatic rings. The summed E-state index contributed by atoms with van der Waals surface area (Å²) in [5.74, 6) is 1.81. The number of fused-ring (bicyclic) bond motifs is 2. The van der Waals surface area contributed by atoms with Crippen molar-refractivity contribution in [2.45, 2.75) is 32.8 Å². The third-order valence-electron chi connectivity index (χ3n) is 6.73. The van der Waals surface area contributed by atoms with E-state index in [-0.39, 0.29) is 17.9 Å². The number of carbonyl (C=O) groups is 1. The summed E-state index contributed by atoms with van der Waals surface area (Å²) in [6.45, 7) is 6.60. The summed E-state index contributed by atoms with van der Waals surface area (Å²) in [7, 11) is 1.82. The van der Waals surface area contributed by atoms with Crippen LogP contribution in [-0.4, -0.2) is 53.7 Å². The number of carbonyl (C=O) groups excluding carboxylic acids is 1. The van der Waals surface area contributed by atoms with Crippen LogP contribution < -0.4 is 15.5 Å². The van der Waals surface area contributed by atoms with E-state index in [9.17, 15) is 4.79 Å². The van der Waals surface area contributed by atoms with E-state index < -0.39 is 0 Å². The normalized spacial score (nSPS) is 18.3. The molecular formula is C26H28N6O3. The molecule has 0 spiro atoms. The van der Waals surface area contributed by atoms with E-state index in [0.717, 1.165) is 64.6 Å². The maximum Gasteiger partial charge on any atom is 0.229 e. The van der Waals surface area contributed by atoms with E-state index in [1.807, 2.05) is 19.2 Å². The molecule has 2 fully saturated rings. The number of rotatable bonds is 5. The molecule has 3 aromatic heterocycles. The second-order valence-electron chi connectivity index (χ2n) is 9.40. The number of oxazole rings is 1. The minimum Gasteiger partial charge on any atom is -0.436 e. The molecule has 4 heterocycles. The molecule has 1 amide bonds. The molecule has 0 bridgehead atoms. The number of aryl methyl sites for hydroxylation is 1. The lowest BCUT2D eigenvalue weighted by Crippen LogP contribution is -2.41. The monoisotopic (exact) mass is 472 g/mol. The highest BCUT2D eigenvalue weighted by Gasteiger charge is 2.30. The first kappa shape index (κ1) is 21.8. The number of nitrogens with zero attached hydrogens (tertiary/aromatic N) is 4. The largest absolute Gasteiger partial charge is 0.436 e. The van der Waals surface area contributed by atoms with Crippen LogP contribution in [0.3, 0.4) is 0 Å². The summed E-state index contributed by atoms with van der Waals surface area (Å²) in [5.41, 5.74) is 4.55. The van der Waals surface area contributed by atoms with Gasteiger partial charge >= 0.3 is 0 Å². The molecule has 6 rings (SSSR count). The Kier molecular flexibility index (Phi) is 5.29. The van der Waals surface area contributed by atoms with Crippen molar-refractivity contribution >= 4 is 45.1 Å². The lowest BCUT2D eigenvalue weighted by Gasteiger charge is -2.33. The van der Waals surface area contributed by atoms with Crippen LogP contribution in [0.25, 0.3) is 33.3 Å². The van der Waals surface area contributed by atoms with E-state index in [1.54, 1.807) is 12.4 Å². The Balaban J connectivity index is 1.42. The van der Waals surface area contributed by atoms with Crippen molar-refractivity contribution in [1.29, 1.82) is 0 Å². The highest BCUT2D eigenvalue weighted by Crippen LogP contribution is 2.36. The van der Waals surface area contributed by atoms with Gasteiger partial charge in [-0.25, -0.2) is 15.0 Å². The van der Waals surface area contributed by atoms with Crippen LogP contribution in [0.15, 0.2) is 35.0 Å². The van der Waals surface area contributed by atoms with Gasteiger partial charge in [-0.05, 0) is 50.5 Å². The molecule has 1 atom stereocenters. The first-order chi connectivity index (χ1) is 17.0. The molecule has 0 radical (unpaired) electrons. The molecule has 1 aliphatic heterocycles. The minimum absolute atomic E-state index is 0.0172. The molecule has 1 saturated carbocycles. The van der Waals surface area contributed by atoms with Gasteiger partial charge in [-0.2, -0.15) is 0 Å². The summed E-state index contributed by atoms with van der Waals surface area (Å²) in [5, 5.41) is 7.74. The summed E-state index contributed by atoms with van der Waals surface area (Å²) in [6.07, 6.45) is 5.55. The zero-order chi connectivity index (χ0) is 24.1. The van der Waals surface area contributed by atoms with E-state index in [2.05, 4.69) is 45.4 Å². The number of aromatic nitrogens is 3. The van der Waals surface area contributed by atoms with Gasteiger partial charge in [0, 0.05) is 54.9 Å². The molecule has 9 heteroatoms. The number of hydrogen-bond acceptors (Lipinski definition) is 8. The molecule has 2 N–H and O–H groups in total. The quantitative estimate of drug-likeness (QED) is 0.441. The SMILES string of the molecule is CNc1ncc(-c2nc3cc(N4CCOC(C)C4)c(C)cc3o2)c2cc(NC(=O)C3CC3)ncc12. The van der Waals surface area contributed by atoms with Crippen molar-refractivity contribution in [3.8, 4) is 11.5 Å². The van der Waals surface area contributed by atoms with Crippen molar-refractivity contribution in [2.24, 2.45) is 5.92 Å². The highest BCUT2D eigenvalue weighted by molar-refractivity contribution is 6.03. The molecule has 1 aliphatic carbocycles. The van der Waals surface area contributed by atoms with Crippen molar-refractivity contribution in [3.05, 3.63) is 36.2 Å². The lowest BCUT2D eigenvalue weighted by molar-refractivity contribution is -0.117. The van der Waals surface area contributed by atoms with Crippen LogP contribution in [0.1, 0.15) is 25.3 Å². The Labute approximate surface area is 202 Å². The number of anilines is 3. The van der Waals surface area contributed by atoms with Crippen LogP contribution in [-0.2, 0) is 9.53 Å². The van der Waals surface area contributed by atoms with Crippen molar-refractivity contribution < 1.29 is 13.9 Å². The van der Waals surface area contributed by atoms with Crippen LogP contribution in [0.2, 0.25) is 0 Å². The van der Waals surface area contributed by atoms with Crippen LogP contribution in [0, 0.1) is 12.8 Å². The summed E-state index contributed by atoms with van der Waals surface area (Å²) >= 11 is 0. The van der Waals surface area contributed by atoms with Crippen molar-refractivity contribution in [3.63, 3.8) is 0 Å². The Bertz CT molecular complexity index is 1440. The summed E-state index contributed by atoms with van der Waals surface area (Å²) in [6, 6.07) is 6.01. The Morgan fingerprint density at radius 1 is 1.14 bits per heavy atom. The van der Waals surface area contributed by atoms with Crippen LogP contribution in [0.4, 0.5) is 17.3 Å². The number of amides is 1. The third kappa shape index (κ3) is 4.05. The van der Waals surface area contributed by atoms with Crippen molar-refractivity contribution in [1.82, 2.24) is 15.0 Å². The molecule has 9 nitrogen and oxygen atoms in total. The summed E-state index contributed by atoms with van der Waals surface area (Å²) < 4.78 is 11.9. The molecule has 4 aromatic rings. The second kappa shape index (κ2) is 8.49. The number of nitrogens with one attached hydrogen (secondary N) is 2. The van der Waals surface area contributed by atoms with E-state index in [0.29, 0.717) is 24.1 Å². The second-order valence-corrected chi connectivity index (χ2v) is 9.40. The number of hydrogen-bond donors (Lipinski definition) is 2. The van der Waals surface area contributed by atoms with Crippen LogP contribution >= 0.6 is 0 Å². The van der Waals surface area contributed by atoms with Gasteiger partial charge in [0.05, 0.1) is 18.3 Å². The standard InChI is InChI=1S/C26H28N6O3/c1-14-8-22-20(10-21(14)32-6-7-34-15(2)13-32)30-26(35-22)19-12-29-24(27-3)18-11-28-23(9-17(18)19)31-25(33)16-4-5-16/h8-12,15-16H,4-7,13H2,1-3H3,(H,27,29)(H,28,31,33). The molecule has 1 aromatic carbocycles. The zero-order valence-electron chi connectivity index (χ0n) is 20.1. The molecule has 35 heavy (non-hydrogen) atoms. The average Bonchev–Trinajstić information content (AvgIpc) is 3.63. The molecular weight excluding hydrogens is 444 g/mol. The van der Waals surface area contributed by atoms with Gasteiger partial charge in [-0.3, -0.25) is 4.79 Å². The van der Waals surface area contributed by atoms with Gasteiger partial charge in [0.1, 0.15) is 17.2 Å². The Morgan fingerprint density at radius 2 is 2.00 bits per heavy atom. The highest BCUT2D eigenvalue weighted by atomic mass is 16.5. The van der Waals surface area contributed by atoms with Crippen molar-refractivity contribution in [2.75, 3.05) is 42.3 Å². The Hall–Kier alpha value is -3.72. The van der Waals surface area contributed by atoms with E-state index >= 15 is 0 Å². The average molecular weight is 473 g/mol. The van der Waals surface area contributed by atoms with Gasteiger partial charge in [0.25, 0.3) is 0 Å². The fourth-order valence-corrected chi connectivity index (χ4v) is 4.70. The van der Waals surface area contributed by atoms with Crippen LogP contribution in [0.5, 0.6) is 0 Å².